The van der Waals surface area contributed by atoms with Gasteiger partial charge in [-0.1, -0.05) is 6.55 Å². The van der Waals surface area contributed by atoms with E-state index in [4.69, 9.17) is 9.72 Å². The predicted molar refractivity (Wildman–Crippen MR) is 131 cm³/mol. The van der Waals surface area contributed by atoms with Gasteiger partial charge in [0.2, 0.25) is 10.0 Å². The van der Waals surface area contributed by atoms with Crippen LogP contribution in [-0.2, 0) is 21.5 Å². The summed E-state index contributed by atoms with van der Waals surface area (Å²) in [5.74, 6) is 0.687. The van der Waals surface area contributed by atoms with E-state index in [0.717, 1.165) is 63.0 Å². The smallest absolute Gasteiger partial charge is 0.211 e. The Hall–Kier alpha value is -2.34. The lowest BCUT2D eigenvalue weighted by Crippen LogP contribution is -2.44. The van der Waals surface area contributed by atoms with Gasteiger partial charge in [-0.15, -0.1) is 0 Å². The number of rotatable bonds is 9. The normalized spacial score (nSPS) is 17.5. The molecular weight excluding hydrogens is 456 g/mol. The van der Waals surface area contributed by atoms with Crippen molar-refractivity contribution in [3.63, 3.8) is 0 Å². The zero-order valence-electron chi connectivity index (χ0n) is 19.3. The lowest BCUT2D eigenvalue weighted by atomic mass is 10.1. The summed E-state index contributed by atoms with van der Waals surface area (Å²) in [6.45, 7) is 6.38. The van der Waals surface area contributed by atoms with Crippen molar-refractivity contribution >= 4 is 36.5 Å². The zero-order chi connectivity index (χ0) is 23.4. The number of aryl methyl sites for hydroxylation is 1. The SMILES string of the molecule is C[Si]CCOCn1cc(C)c2nc(-c3cccnc3NC3CCCN(S(C)(=O)=O)C3)cnc21. The number of pyridine rings is 1. The Labute approximate surface area is 197 Å². The first kappa shape index (κ1) is 23.8. The van der Waals surface area contributed by atoms with Gasteiger partial charge in [-0.25, -0.2) is 27.7 Å². The van der Waals surface area contributed by atoms with Crippen LogP contribution in [0.3, 0.4) is 0 Å². The number of nitrogens with zero attached hydrogens (tertiary/aromatic N) is 5. The van der Waals surface area contributed by atoms with E-state index in [0.29, 0.717) is 25.6 Å². The molecule has 11 heteroatoms. The molecule has 1 N–H and O–H groups in total. The van der Waals surface area contributed by atoms with E-state index >= 15 is 0 Å². The van der Waals surface area contributed by atoms with Gasteiger partial charge >= 0.3 is 0 Å². The number of aromatic nitrogens is 4. The van der Waals surface area contributed by atoms with Gasteiger partial charge in [0, 0.05) is 53.2 Å². The second-order valence-electron chi connectivity index (χ2n) is 8.35. The van der Waals surface area contributed by atoms with Gasteiger partial charge in [0.25, 0.3) is 0 Å². The van der Waals surface area contributed by atoms with Crippen molar-refractivity contribution in [2.24, 2.45) is 0 Å². The number of fused-ring (bicyclic) bond motifs is 1. The van der Waals surface area contributed by atoms with Gasteiger partial charge < -0.3 is 14.6 Å². The molecule has 9 nitrogen and oxygen atoms in total. The molecule has 4 heterocycles. The molecule has 1 atom stereocenters. The standard InChI is InChI=1S/C22H30N6O3SSi/c1-16-13-27(15-31-10-11-33-3)22-20(16)26-19(12-24-22)18-7-4-8-23-21(18)25-17-6-5-9-28(14-17)32(2,29)30/h4,7-8,12-13,17H,5-6,9-11,14-15H2,1-3H3,(H,23,25). The Kier molecular flexibility index (Phi) is 7.42. The molecule has 1 fully saturated rings. The maximum Gasteiger partial charge on any atom is 0.211 e. The molecule has 1 aliphatic heterocycles. The van der Waals surface area contributed by atoms with Crippen LogP contribution in [0.1, 0.15) is 18.4 Å². The number of ether oxygens (including phenoxy) is 1. The van der Waals surface area contributed by atoms with Gasteiger partial charge in [0.15, 0.2) is 5.65 Å². The molecule has 0 amide bonds. The second kappa shape index (κ2) is 10.3. The highest BCUT2D eigenvalue weighted by atomic mass is 32.2. The molecule has 0 aromatic carbocycles. The number of sulfonamides is 1. The number of hydrogen-bond donors (Lipinski definition) is 1. The van der Waals surface area contributed by atoms with Crippen LogP contribution in [0.4, 0.5) is 5.82 Å². The topological polar surface area (TPSA) is 102 Å². The maximum atomic E-state index is 12.0. The molecule has 2 radical (unpaired) electrons. The summed E-state index contributed by atoms with van der Waals surface area (Å²) >= 11 is 0. The van der Waals surface area contributed by atoms with Crippen molar-refractivity contribution in [1.82, 2.24) is 23.8 Å². The van der Waals surface area contributed by atoms with E-state index in [1.54, 1.807) is 12.4 Å². The van der Waals surface area contributed by atoms with Crippen molar-refractivity contribution in [2.45, 2.75) is 45.1 Å². The number of piperidine rings is 1. The summed E-state index contributed by atoms with van der Waals surface area (Å²) in [6.07, 6.45) is 8.46. The molecule has 0 bridgehead atoms. The molecule has 1 aliphatic rings. The largest absolute Gasteiger partial charge is 0.365 e. The summed E-state index contributed by atoms with van der Waals surface area (Å²) in [4.78, 5) is 14.1. The fourth-order valence-electron chi connectivity index (χ4n) is 4.06. The summed E-state index contributed by atoms with van der Waals surface area (Å²) in [5, 5.41) is 3.45. The molecule has 0 aliphatic carbocycles. The lowest BCUT2D eigenvalue weighted by molar-refractivity contribution is 0.0904. The summed E-state index contributed by atoms with van der Waals surface area (Å²) in [6, 6.07) is 4.88. The van der Waals surface area contributed by atoms with E-state index in [9.17, 15) is 8.42 Å². The lowest BCUT2D eigenvalue weighted by Gasteiger charge is -2.32. The summed E-state index contributed by atoms with van der Waals surface area (Å²) in [7, 11) is -2.33. The molecule has 0 saturated carbocycles. The van der Waals surface area contributed by atoms with Gasteiger partial charge in [-0.2, -0.15) is 0 Å². The minimum absolute atomic E-state index is 0.0116. The van der Waals surface area contributed by atoms with E-state index in [-0.39, 0.29) is 6.04 Å². The Balaban J connectivity index is 1.57. The molecular formula is C22H30N6O3SSi. The van der Waals surface area contributed by atoms with Crippen LogP contribution >= 0.6 is 0 Å². The Bertz CT molecular complexity index is 1220. The Morgan fingerprint density at radius 3 is 2.97 bits per heavy atom. The fraction of sp³-hybridized carbons (Fsp3) is 0.500. The first-order chi connectivity index (χ1) is 15.9. The van der Waals surface area contributed by atoms with Crippen LogP contribution in [0.15, 0.2) is 30.7 Å². The number of nitrogens with one attached hydrogen (secondary N) is 1. The highest BCUT2D eigenvalue weighted by Gasteiger charge is 2.26. The Morgan fingerprint density at radius 2 is 2.18 bits per heavy atom. The highest BCUT2D eigenvalue weighted by Crippen LogP contribution is 2.28. The van der Waals surface area contributed by atoms with Crippen LogP contribution in [-0.4, -0.2) is 73.8 Å². The average Bonchev–Trinajstić information content (AvgIpc) is 3.11. The fourth-order valence-corrected chi connectivity index (χ4v) is 5.32. The molecule has 3 aromatic rings. The molecule has 4 rings (SSSR count). The third-order valence-electron chi connectivity index (χ3n) is 5.75. The van der Waals surface area contributed by atoms with Crippen LogP contribution in [0, 0.1) is 6.92 Å². The summed E-state index contributed by atoms with van der Waals surface area (Å²) < 4.78 is 33.3. The van der Waals surface area contributed by atoms with Gasteiger partial charge in [0.05, 0.1) is 18.1 Å². The Morgan fingerprint density at radius 1 is 1.33 bits per heavy atom. The molecule has 0 spiro atoms. The monoisotopic (exact) mass is 486 g/mol. The van der Waals surface area contributed by atoms with E-state index in [2.05, 4.69) is 21.8 Å². The van der Waals surface area contributed by atoms with E-state index in [1.807, 2.05) is 29.8 Å². The van der Waals surface area contributed by atoms with Gasteiger partial charge in [0.1, 0.15) is 18.1 Å². The van der Waals surface area contributed by atoms with Crippen LogP contribution < -0.4 is 5.32 Å². The van der Waals surface area contributed by atoms with Crippen molar-refractivity contribution in [3.8, 4) is 11.3 Å². The van der Waals surface area contributed by atoms with Crippen molar-refractivity contribution in [2.75, 3.05) is 31.3 Å². The summed E-state index contributed by atoms with van der Waals surface area (Å²) in [5.41, 5.74) is 4.24. The van der Waals surface area contributed by atoms with E-state index < -0.39 is 10.0 Å². The molecule has 1 unspecified atom stereocenters. The molecule has 3 aromatic heterocycles. The van der Waals surface area contributed by atoms with Crippen LogP contribution in [0.5, 0.6) is 0 Å². The predicted octanol–water partition coefficient (Wildman–Crippen LogP) is 2.78. The second-order valence-corrected chi connectivity index (χ2v) is 11.5. The molecule has 1 saturated heterocycles. The highest BCUT2D eigenvalue weighted by molar-refractivity contribution is 7.88. The first-order valence-electron chi connectivity index (χ1n) is 11.1. The van der Waals surface area contributed by atoms with E-state index in [1.165, 1.54) is 10.6 Å². The van der Waals surface area contributed by atoms with Gasteiger partial charge in [-0.3, -0.25) is 0 Å². The number of anilines is 1. The third-order valence-corrected chi connectivity index (χ3v) is 7.73. The first-order valence-corrected chi connectivity index (χ1v) is 14.6. The van der Waals surface area contributed by atoms with Crippen molar-refractivity contribution < 1.29 is 13.2 Å². The average molecular weight is 487 g/mol. The minimum atomic E-state index is -3.21. The zero-order valence-corrected chi connectivity index (χ0v) is 21.1. The third kappa shape index (κ3) is 5.60. The van der Waals surface area contributed by atoms with Crippen LogP contribution in [0.25, 0.3) is 22.4 Å². The maximum absolute atomic E-state index is 12.0. The molecule has 33 heavy (non-hydrogen) atoms. The van der Waals surface area contributed by atoms with Gasteiger partial charge in [-0.05, 0) is 43.5 Å². The van der Waals surface area contributed by atoms with Crippen molar-refractivity contribution in [3.05, 3.63) is 36.3 Å². The minimum Gasteiger partial charge on any atom is -0.365 e. The van der Waals surface area contributed by atoms with Crippen molar-refractivity contribution in [1.29, 1.82) is 0 Å². The molecule has 176 valence electrons. The quantitative estimate of drug-likeness (QED) is 0.366. The number of hydrogen-bond acceptors (Lipinski definition) is 7. The van der Waals surface area contributed by atoms with Crippen LogP contribution in [0.2, 0.25) is 12.6 Å².